The molecule has 0 aliphatic rings. The highest BCUT2D eigenvalue weighted by Crippen LogP contribution is 2.37. The zero-order valence-electron chi connectivity index (χ0n) is 27.5. The Balaban J connectivity index is 1.02. The Morgan fingerprint density at radius 3 is 0.706 bits per heavy atom. The van der Waals surface area contributed by atoms with Gasteiger partial charge in [-0.15, -0.1) is 0 Å². The summed E-state index contributed by atoms with van der Waals surface area (Å²) in [6.07, 6.45) is 0. The average Bonchev–Trinajstić information content (AvgIpc) is 3.13. The molecule has 51 heavy (non-hydrogen) atoms. The normalized spacial score (nSPS) is 12.4. The fraction of sp³-hybridized carbons (Fsp3) is 0. The van der Waals surface area contributed by atoms with Gasteiger partial charge in [0.2, 0.25) is 0 Å². The topological polar surface area (TPSA) is 20.2 Å². The first kappa shape index (κ1) is 27.2. The molecule has 1 N–H and O–H groups in total. The van der Waals surface area contributed by atoms with Crippen molar-refractivity contribution in [2.75, 3.05) is 0 Å². The van der Waals surface area contributed by atoms with Crippen molar-refractivity contribution in [3.63, 3.8) is 0 Å². The lowest BCUT2D eigenvalue weighted by Gasteiger charge is -2.11. The molecule has 0 radical (unpaired) electrons. The van der Waals surface area contributed by atoms with Crippen molar-refractivity contribution >= 4 is 118 Å². The number of phenols is 1. The van der Waals surface area contributed by atoms with Crippen LogP contribution in [-0.4, -0.2) is 5.11 Å². The molecule has 0 fully saturated rings. The minimum absolute atomic E-state index is 0.323. The molecule has 12 aromatic carbocycles. The van der Waals surface area contributed by atoms with Crippen molar-refractivity contribution in [3.05, 3.63) is 164 Å². The summed E-state index contributed by atoms with van der Waals surface area (Å²) in [5, 5.41) is 37.4. The van der Waals surface area contributed by atoms with E-state index in [9.17, 15) is 5.11 Å². The average molecular weight is 645 g/mol. The summed E-state index contributed by atoms with van der Waals surface area (Å²) in [4.78, 5) is 0. The summed E-state index contributed by atoms with van der Waals surface area (Å²) in [5.41, 5.74) is 0. The number of rotatable bonds is 0. The lowest BCUT2D eigenvalue weighted by atomic mass is 9.93. The van der Waals surface area contributed by atoms with E-state index in [1.54, 1.807) is 6.07 Å². The Labute approximate surface area is 292 Å². The van der Waals surface area contributed by atoms with Crippen molar-refractivity contribution in [2.24, 2.45) is 0 Å². The molecule has 0 amide bonds. The molecule has 0 spiro atoms. The van der Waals surface area contributed by atoms with Gasteiger partial charge in [-0.1, -0.05) is 36.4 Å². The van der Waals surface area contributed by atoms with Crippen LogP contribution in [0.2, 0.25) is 0 Å². The first-order valence-electron chi connectivity index (χ1n) is 17.6. The molecule has 12 rings (SSSR count). The van der Waals surface area contributed by atoms with Crippen LogP contribution in [0.15, 0.2) is 164 Å². The van der Waals surface area contributed by atoms with Crippen LogP contribution in [-0.2, 0) is 0 Å². The highest BCUT2D eigenvalue weighted by atomic mass is 16.3. The lowest BCUT2D eigenvalue weighted by Crippen LogP contribution is -1.84. The molecular weight excluding hydrogens is 617 g/mol. The van der Waals surface area contributed by atoms with Gasteiger partial charge in [0, 0.05) is 5.39 Å². The maximum Gasteiger partial charge on any atom is 0.123 e. The van der Waals surface area contributed by atoms with Gasteiger partial charge in [-0.3, -0.25) is 0 Å². The van der Waals surface area contributed by atoms with Gasteiger partial charge >= 0.3 is 0 Å². The summed E-state index contributed by atoms with van der Waals surface area (Å²) < 4.78 is 0. The second-order valence-corrected chi connectivity index (χ2v) is 14.5. The zero-order chi connectivity index (χ0) is 33.4. The molecule has 0 heterocycles. The molecule has 12 aromatic rings. The number of phenolic OH excluding ortho intramolecular Hbond substituents is 1. The van der Waals surface area contributed by atoms with Crippen molar-refractivity contribution in [2.45, 2.75) is 0 Å². The Morgan fingerprint density at radius 1 is 0.196 bits per heavy atom. The first-order chi connectivity index (χ1) is 25.0. The molecule has 0 aliphatic carbocycles. The third-order valence-electron chi connectivity index (χ3n) is 11.3. The van der Waals surface area contributed by atoms with Crippen LogP contribution in [0.1, 0.15) is 0 Å². The zero-order valence-corrected chi connectivity index (χ0v) is 27.5. The highest BCUT2D eigenvalue weighted by Gasteiger charge is 2.10. The summed E-state index contributed by atoms with van der Waals surface area (Å²) in [7, 11) is 0. The molecule has 0 saturated heterocycles. The van der Waals surface area contributed by atoms with E-state index >= 15 is 0 Å². The van der Waals surface area contributed by atoms with E-state index in [0.29, 0.717) is 5.75 Å². The van der Waals surface area contributed by atoms with E-state index in [1.807, 2.05) is 6.07 Å². The SMILES string of the molecule is Oc1cccc2cc3cc4cc5cc6cc7cc8cc9cc%10cc%11cc%12ccccc%12cc%11cc%10cc9cc8cc7cc6cc5cc4cc3cc12. The number of hydrogen-bond donors (Lipinski definition) is 1. The van der Waals surface area contributed by atoms with Crippen LogP contribution in [0.3, 0.4) is 0 Å². The third-order valence-corrected chi connectivity index (χ3v) is 11.3. The Bertz CT molecular complexity index is 3540. The van der Waals surface area contributed by atoms with E-state index in [-0.39, 0.29) is 0 Å². The van der Waals surface area contributed by atoms with Crippen molar-refractivity contribution in [3.8, 4) is 5.75 Å². The molecule has 1 nitrogen and oxygen atoms in total. The van der Waals surface area contributed by atoms with Crippen LogP contribution < -0.4 is 0 Å². The molecule has 0 bridgehead atoms. The molecule has 0 atom stereocenters. The van der Waals surface area contributed by atoms with Crippen LogP contribution in [0.4, 0.5) is 0 Å². The van der Waals surface area contributed by atoms with Crippen molar-refractivity contribution in [1.29, 1.82) is 0 Å². The van der Waals surface area contributed by atoms with Gasteiger partial charge in [-0.25, -0.2) is 0 Å². The second-order valence-electron chi connectivity index (χ2n) is 14.5. The molecule has 0 unspecified atom stereocenters. The number of hydrogen-bond acceptors (Lipinski definition) is 1. The number of fused-ring (bicyclic) bond motifs is 11. The van der Waals surface area contributed by atoms with Gasteiger partial charge < -0.3 is 5.11 Å². The first-order valence-corrected chi connectivity index (χ1v) is 17.6. The third kappa shape index (κ3) is 4.09. The smallest absolute Gasteiger partial charge is 0.123 e. The Morgan fingerprint density at radius 2 is 0.412 bits per heavy atom. The molecule has 1 heteroatoms. The monoisotopic (exact) mass is 644 g/mol. The summed E-state index contributed by atoms with van der Waals surface area (Å²) in [6, 6.07) is 60.6. The Kier molecular flexibility index (Phi) is 5.17. The fourth-order valence-corrected chi connectivity index (χ4v) is 8.72. The fourth-order valence-electron chi connectivity index (χ4n) is 8.72. The lowest BCUT2D eigenvalue weighted by molar-refractivity contribution is 0.481. The van der Waals surface area contributed by atoms with Crippen LogP contribution in [0, 0.1) is 0 Å². The molecule has 0 aromatic heterocycles. The van der Waals surface area contributed by atoms with Gasteiger partial charge in [-0.2, -0.15) is 0 Å². The van der Waals surface area contributed by atoms with E-state index in [2.05, 4.69) is 152 Å². The van der Waals surface area contributed by atoms with Crippen molar-refractivity contribution < 1.29 is 5.11 Å². The highest BCUT2D eigenvalue weighted by molar-refractivity contribution is 6.15. The minimum atomic E-state index is 0.323. The van der Waals surface area contributed by atoms with Gasteiger partial charge in [0.05, 0.1) is 0 Å². The largest absolute Gasteiger partial charge is 0.507 e. The van der Waals surface area contributed by atoms with Crippen LogP contribution in [0.25, 0.3) is 118 Å². The maximum absolute atomic E-state index is 10.5. The van der Waals surface area contributed by atoms with Crippen molar-refractivity contribution in [1.82, 2.24) is 0 Å². The van der Waals surface area contributed by atoms with Crippen LogP contribution in [0.5, 0.6) is 5.75 Å². The van der Waals surface area contributed by atoms with E-state index in [4.69, 9.17) is 0 Å². The molecule has 0 saturated carbocycles. The van der Waals surface area contributed by atoms with Gasteiger partial charge in [0.15, 0.2) is 0 Å². The summed E-state index contributed by atoms with van der Waals surface area (Å²) in [6.45, 7) is 0. The second kappa shape index (κ2) is 9.72. The van der Waals surface area contributed by atoms with Gasteiger partial charge in [-0.05, 0) is 241 Å². The number of aromatic hydroxyl groups is 1. The summed E-state index contributed by atoms with van der Waals surface area (Å²) >= 11 is 0. The maximum atomic E-state index is 10.5. The standard InChI is InChI=1S/C50H28O/c51-50-7-3-6-30-10-33-13-36-16-39-19-42-22-43-20-40-17-37-14-34-11-31-8-28-4-1-2-5-29(28)9-32(31)12-35(34)15-38(37)18-41(40)21-44(43)23-45(42)24-46(39)25-47(36)26-48(33)27-49(30)50/h1-27,51H. The van der Waals surface area contributed by atoms with E-state index < -0.39 is 0 Å². The van der Waals surface area contributed by atoms with Crippen LogP contribution >= 0.6 is 0 Å². The Hall–Kier alpha value is -6.70. The predicted molar refractivity (Wildman–Crippen MR) is 221 cm³/mol. The minimum Gasteiger partial charge on any atom is -0.507 e. The number of benzene rings is 12. The molecular formula is C50H28O. The van der Waals surface area contributed by atoms with E-state index in [1.165, 1.54) is 102 Å². The van der Waals surface area contributed by atoms with Gasteiger partial charge in [0.25, 0.3) is 0 Å². The van der Waals surface area contributed by atoms with E-state index in [0.717, 1.165) is 16.2 Å². The molecule has 234 valence electrons. The van der Waals surface area contributed by atoms with Gasteiger partial charge in [0.1, 0.15) is 5.75 Å². The molecule has 0 aliphatic heterocycles. The quantitative estimate of drug-likeness (QED) is 0.163. The predicted octanol–water partition coefficient (Wildman–Crippen LogP) is 14.1. The summed E-state index contributed by atoms with van der Waals surface area (Å²) in [5.74, 6) is 0.323.